The maximum Gasteiger partial charge on any atom is 0.310 e. The Morgan fingerprint density at radius 1 is 1.14 bits per heavy atom. The number of carbonyl (C=O) groups excluding carboxylic acids is 1. The molecule has 110 valence electrons. The second-order valence-electron chi connectivity index (χ2n) is 4.55. The average molecular weight is 286 g/mol. The molecule has 0 saturated heterocycles. The van der Waals surface area contributed by atoms with E-state index in [1.54, 1.807) is 13.0 Å². The summed E-state index contributed by atoms with van der Waals surface area (Å²) in [5.74, 6) is 0.332. The number of carbonyl (C=O) groups is 1. The topological polar surface area (TPSA) is 55.8 Å². The lowest BCUT2D eigenvalue weighted by Crippen LogP contribution is -2.09. The lowest BCUT2D eigenvalue weighted by atomic mass is 10.1. The van der Waals surface area contributed by atoms with Crippen LogP contribution in [0.3, 0.4) is 0 Å². The molecule has 1 N–H and O–H groups in total. The predicted molar refractivity (Wildman–Crippen MR) is 79.2 cm³/mol. The molecule has 4 heteroatoms. The Balaban J connectivity index is 2.09. The van der Waals surface area contributed by atoms with Crippen LogP contribution in [0.5, 0.6) is 11.5 Å². The monoisotopic (exact) mass is 286 g/mol. The van der Waals surface area contributed by atoms with E-state index in [4.69, 9.17) is 9.47 Å². The van der Waals surface area contributed by atoms with Crippen LogP contribution in [0, 0.1) is 0 Å². The van der Waals surface area contributed by atoms with Crippen LogP contribution in [-0.4, -0.2) is 17.7 Å². The molecule has 0 spiro atoms. The van der Waals surface area contributed by atoms with Crippen LogP contribution in [0.1, 0.15) is 18.1 Å². The van der Waals surface area contributed by atoms with Gasteiger partial charge in [-0.2, -0.15) is 0 Å². The number of aromatic hydroxyl groups is 1. The van der Waals surface area contributed by atoms with Crippen molar-refractivity contribution in [3.8, 4) is 11.5 Å². The molecule has 2 aromatic carbocycles. The third-order valence-corrected chi connectivity index (χ3v) is 2.92. The normalized spacial score (nSPS) is 10.1. The van der Waals surface area contributed by atoms with Crippen molar-refractivity contribution < 1.29 is 19.4 Å². The minimum Gasteiger partial charge on any atom is -0.508 e. The van der Waals surface area contributed by atoms with Crippen LogP contribution in [0.2, 0.25) is 0 Å². The lowest BCUT2D eigenvalue weighted by Gasteiger charge is -2.12. The molecule has 0 fully saturated rings. The highest BCUT2D eigenvalue weighted by atomic mass is 16.5. The molecular formula is C17H18O4. The molecule has 0 heterocycles. The van der Waals surface area contributed by atoms with Gasteiger partial charge in [-0.15, -0.1) is 0 Å². The first-order valence-electron chi connectivity index (χ1n) is 6.83. The number of phenols is 1. The molecule has 0 atom stereocenters. The maximum absolute atomic E-state index is 11.6. The zero-order valence-electron chi connectivity index (χ0n) is 11.9. The summed E-state index contributed by atoms with van der Waals surface area (Å²) in [6.07, 6.45) is 0.0758. The predicted octanol–water partition coefficient (Wildman–Crippen LogP) is 3.08. The third kappa shape index (κ3) is 4.53. The van der Waals surface area contributed by atoms with E-state index in [0.29, 0.717) is 24.5 Å². The van der Waals surface area contributed by atoms with Crippen LogP contribution in [0.15, 0.2) is 48.5 Å². The van der Waals surface area contributed by atoms with E-state index in [1.165, 1.54) is 12.1 Å². The van der Waals surface area contributed by atoms with Crippen LogP contribution in [0.4, 0.5) is 0 Å². The van der Waals surface area contributed by atoms with Gasteiger partial charge in [0.25, 0.3) is 0 Å². The van der Waals surface area contributed by atoms with E-state index in [1.807, 2.05) is 30.3 Å². The highest BCUT2D eigenvalue weighted by molar-refractivity contribution is 5.73. The Labute approximate surface area is 123 Å². The van der Waals surface area contributed by atoms with Crippen LogP contribution in [0.25, 0.3) is 0 Å². The molecule has 4 nitrogen and oxygen atoms in total. The summed E-state index contributed by atoms with van der Waals surface area (Å²) in [6, 6.07) is 14.5. The van der Waals surface area contributed by atoms with Crippen LogP contribution >= 0.6 is 0 Å². The Bertz CT molecular complexity index is 593. The van der Waals surface area contributed by atoms with Gasteiger partial charge in [0.05, 0.1) is 13.0 Å². The highest BCUT2D eigenvalue weighted by Gasteiger charge is 2.11. The zero-order chi connectivity index (χ0) is 15.1. The van der Waals surface area contributed by atoms with Gasteiger partial charge < -0.3 is 14.6 Å². The van der Waals surface area contributed by atoms with Crippen molar-refractivity contribution in [1.82, 2.24) is 0 Å². The zero-order valence-corrected chi connectivity index (χ0v) is 11.9. The van der Waals surface area contributed by atoms with E-state index in [-0.39, 0.29) is 18.1 Å². The van der Waals surface area contributed by atoms with Gasteiger partial charge in [0.2, 0.25) is 0 Å². The van der Waals surface area contributed by atoms with Crippen molar-refractivity contribution in [3.05, 3.63) is 59.7 Å². The standard InChI is InChI=1S/C17H18O4/c1-2-20-17(19)11-14-10-15(18)8-9-16(14)21-12-13-6-4-3-5-7-13/h3-10,18H,2,11-12H2,1H3. The van der Waals surface area contributed by atoms with Gasteiger partial charge in [-0.1, -0.05) is 30.3 Å². The first-order valence-corrected chi connectivity index (χ1v) is 6.83. The summed E-state index contributed by atoms with van der Waals surface area (Å²) >= 11 is 0. The molecule has 0 unspecified atom stereocenters. The van der Waals surface area contributed by atoms with Gasteiger partial charge in [0, 0.05) is 5.56 Å². The summed E-state index contributed by atoms with van der Waals surface area (Å²) in [6.45, 7) is 2.49. The van der Waals surface area contributed by atoms with E-state index >= 15 is 0 Å². The molecule has 2 rings (SSSR count). The first-order chi connectivity index (χ1) is 10.2. The van der Waals surface area contributed by atoms with Crippen LogP contribution < -0.4 is 4.74 Å². The van der Waals surface area contributed by atoms with Crippen LogP contribution in [-0.2, 0) is 22.6 Å². The third-order valence-electron chi connectivity index (χ3n) is 2.92. The van der Waals surface area contributed by atoms with E-state index in [2.05, 4.69) is 0 Å². The van der Waals surface area contributed by atoms with Crippen molar-refractivity contribution >= 4 is 5.97 Å². The number of esters is 1. The molecule has 2 aromatic rings. The van der Waals surface area contributed by atoms with E-state index in [0.717, 1.165) is 5.56 Å². The molecule has 0 bridgehead atoms. The molecule has 0 radical (unpaired) electrons. The number of benzene rings is 2. The molecule has 0 aliphatic heterocycles. The first kappa shape index (κ1) is 14.9. The van der Waals surface area contributed by atoms with Gasteiger partial charge in [0.15, 0.2) is 0 Å². The fraction of sp³-hybridized carbons (Fsp3) is 0.235. The van der Waals surface area contributed by atoms with Crippen molar-refractivity contribution in [3.63, 3.8) is 0 Å². The molecule has 0 aliphatic rings. The van der Waals surface area contributed by atoms with Gasteiger partial charge in [-0.05, 0) is 30.7 Å². The lowest BCUT2D eigenvalue weighted by molar-refractivity contribution is -0.142. The molecule has 0 aromatic heterocycles. The fourth-order valence-electron chi connectivity index (χ4n) is 1.95. The Morgan fingerprint density at radius 3 is 2.62 bits per heavy atom. The number of phenolic OH excluding ortho intramolecular Hbond substituents is 1. The fourth-order valence-corrected chi connectivity index (χ4v) is 1.95. The summed E-state index contributed by atoms with van der Waals surface area (Å²) in [5, 5.41) is 9.56. The number of hydrogen-bond donors (Lipinski definition) is 1. The highest BCUT2D eigenvalue weighted by Crippen LogP contribution is 2.25. The molecule has 0 amide bonds. The van der Waals surface area contributed by atoms with Gasteiger partial charge in [-0.3, -0.25) is 4.79 Å². The van der Waals surface area contributed by atoms with Crippen molar-refractivity contribution in [2.24, 2.45) is 0 Å². The molecule has 21 heavy (non-hydrogen) atoms. The number of rotatable bonds is 6. The van der Waals surface area contributed by atoms with Crippen molar-refractivity contribution in [1.29, 1.82) is 0 Å². The maximum atomic E-state index is 11.6. The minimum absolute atomic E-state index is 0.0758. The van der Waals surface area contributed by atoms with E-state index < -0.39 is 0 Å². The van der Waals surface area contributed by atoms with Gasteiger partial charge >= 0.3 is 5.97 Å². The van der Waals surface area contributed by atoms with Crippen molar-refractivity contribution in [2.75, 3.05) is 6.61 Å². The van der Waals surface area contributed by atoms with E-state index in [9.17, 15) is 9.90 Å². The summed E-state index contributed by atoms with van der Waals surface area (Å²) in [7, 11) is 0. The largest absolute Gasteiger partial charge is 0.508 e. The second-order valence-corrected chi connectivity index (χ2v) is 4.55. The Hall–Kier alpha value is -2.49. The Morgan fingerprint density at radius 2 is 1.90 bits per heavy atom. The number of hydrogen-bond acceptors (Lipinski definition) is 4. The smallest absolute Gasteiger partial charge is 0.310 e. The summed E-state index contributed by atoms with van der Waals surface area (Å²) in [4.78, 5) is 11.6. The van der Waals surface area contributed by atoms with Crippen molar-refractivity contribution in [2.45, 2.75) is 20.0 Å². The summed E-state index contributed by atoms with van der Waals surface area (Å²) in [5.41, 5.74) is 1.65. The SMILES string of the molecule is CCOC(=O)Cc1cc(O)ccc1OCc1ccccc1. The average Bonchev–Trinajstić information content (AvgIpc) is 2.48. The molecular weight excluding hydrogens is 268 g/mol. The molecule has 0 saturated carbocycles. The number of ether oxygens (including phenoxy) is 2. The van der Waals surface area contributed by atoms with Gasteiger partial charge in [0.1, 0.15) is 18.1 Å². The minimum atomic E-state index is -0.340. The Kier molecular flexibility index (Phi) is 5.21. The summed E-state index contributed by atoms with van der Waals surface area (Å²) < 4.78 is 10.7. The second kappa shape index (κ2) is 7.33. The van der Waals surface area contributed by atoms with Gasteiger partial charge in [-0.25, -0.2) is 0 Å². The molecule has 0 aliphatic carbocycles. The quantitative estimate of drug-likeness (QED) is 0.829.